The summed E-state index contributed by atoms with van der Waals surface area (Å²) in [5.74, 6) is -2.46. The Hall–Kier alpha value is -2.04. The lowest BCUT2D eigenvalue weighted by Gasteiger charge is -2.14. The van der Waals surface area contributed by atoms with Gasteiger partial charge in [0.1, 0.15) is 17.8 Å². The van der Waals surface area contributed by atoms with Crippen LogP contribution in [0.25, 0.3) is 0 Å². The van der Waals surface area contributed by atoms with E-state index < -0.39 is 24.0 Å². The Morgan fingerprint density at radius 3 is 2.81 bits per heavy atom. The van der Waals surface area contributed by atoms with Gasteiger partial charge < -0.3 is 14.9 Å². The highest BCUT2D eigenvalue weighted by atomic mass is 16.6. The van der Waals surface area contributed by atoms with E-state index in [1.54, 1.807) is 12.1 Å². The van der Waals surface area contributed by atoms with Crippen LogP contribution in [-0.4, -0.2) is 22.2 Å². The number of aromatic hydroxyl groups is 1. The summed E-state index contributed by atoms with van der Waals surface area (Å²) < 4.78 is 4.95. The van der Waals surface area contributed by atoms with Gasteiger partial charge in [-0.1, -0.05) is 12.1 Å². The maximum Gasteiger partial charge on any atom is 0.311 e. The molecule has 1 aliphatic rings. The Labute approximate surface area is 91.3 Å². The van der Waals surface area contributed by atoms with E-state index in [-0.39, 0.29) is 12.2 Å². The molecule has 2 N–H and O–H groups in total. The third kappa shape index (κ3) is 1.84. The van der Waals surface area contributed by atoms with Crippen LogP contribution >= 0.6 is 0 Å². The summed E-state index contributed by atoms with van der Waals surface area (Å²) in [6, 6.07) is 6.07. The second-order valence-electron chi connectivity index (χ2n) is 3.65. The van der Waals surface area contributed by atoms with E-state index in [9.17, 15) is 14.7 Å². The molecule has 0 unspecified atom stereocenters. The number of hydrogen-bond donors (Lipinski definition) is 2. The Morgan fingerprint density at radius 1 is 1.44 bits per heavy atom. The number of cyclic esters (lactones) is 1. The lowest BCUT2D eigenvalue weighted by molar-refractivity contribution is -0.144. The van der Waals surface area contributed by atoms with E-state index in [1.165, 1.54) is 12.1 Å². The number of ether oxygens (including phenoxy) is 1. The summed E-state index contributed by atoms with van der Waals surface area (Å²) in [4.78, 5) is 22.0. The van der Waals surface area contributed by atoms with Crippen molar-refractivity contribution in [3.63, 3.8) is 0 Å². The first kappa shape index (κ1) is 10.5. The SMILES string of the molecule is O=C1C[C@H](C(=O)O)[C@@H](c2cccc(O)c2)O1. The molecule has 0 bridgehead atoms. The van der Waals surface area contributed by atoms with E-state index in [4.69, 9.17) is 9.84 Å². The Morgan fingerprint density at radius 2 is 2.19 bits per heavy atom. The maximum absolute atomic E-state index is 11.1. The van der Waals surface area contributed by atoms with Crippen LogP contribution in [0.4, 0.5) is 0 Å². The molecular weight excluding hydrogens is 212 g/mol. The van der Waals surface area contributed by atoms with Crippen LogP contribution < -0.4 is 0 Å². The summed E-state index contributed by atoms with van der Waals surface area (Å²) in [5.41, 5.74) is 0.498. The first-order valence-electron chi connectivity index (χ1n) is 4.79. The monoisotopic (exact) mass is 222 g/mol. The molecule has 2 rings (SSSR count). The maximum atomic E-state index is 11.1. The van der Waals surface area contributed by atoms with Crippen molar-refractivity contribution in [3.05, 3.63) is 29.8 Å². The standard InChI is InChI=1S/C11H10O5/c12-7-3-1-2-6(4-7)10-8(11(14)15)5-9(13)16-10/h1-4,8,10,12H,5H2,(H,14,15)/t8-,10+/m0/s1. The Kier molecular flexibility index (Phi) is 2.52. The molecule has 84 valence electrons. The lowest BCUT2D eigenvalue weighted by Crippen LogP contribution is -2.17. The zero-order valence-electron chi connectivity index (χ0n) is 8.29. The topological polar surface area (TPSA) is 83.8 Å². The number of carbonyl (C=O) groups is 2. The van der Waals surface area contributed by atoms with Gasteiger partial charge in [-0.05, 0) is 17.7 Å². The molecule has 0 saturated carbocycles. The van der Waals surface area contributed by atoms with Crippen molar-refractivity contribution in [1.29, 1.82) is 0 Å². The van der Waals surface area contributed by atoms with Gasteiger partial charge >= 0.3 is 11.9 Å². The van der Waals surface area contributed by atoms with Gasteiger partial charge in [0, 0.05) is 0 Å². The molecule has 1 heterocycles. The fraction of sp³-hybridized carbons (Fsp3) is 0.273. The minimum absolute atomic E-state index is 0.0181. The van der Waals surface area contributed by atoms with E-state index in [0.29, 0.717) is 5.56 Å². The van der Waals surface area contributed by atoms with Crippen LogP contribution in [0.5, 0.6) is 5.75 Å². The van der Waals surface area contributed by atoms with E-state index >= 15 is 0 Å². The average Bonchev–Trinajstić information content (AvgIpc) is 2.60. The van der Waals surface area contributed by atoms with Crippen LogP contribution in [0.1, 0.15) is 18.1 Å². The Balaban J connectivity index is 2.32. The number of esters is 1. The molecular formula is C11H10O5. The summed E-state index contributed by atoms with van der Waals surface area (Å²) in [7, 11) is 0. The second-order valence-corrected chi connectivity index (χ2v) is 3.65. The van der Waals surface area contributed by atoms with Crippen molar-refractivity contribution in [2.45, 2.75) is 12.5 Å². The minimum atomic E-state index is -1.07. The van der Waals surface area contributed by atoms with Gasteiger partial charge in [-0.15, -0.1) is 0 Å². The van der Waals surface area contributed by atoms with Gasteiger partial charge in [-0.3, -0.25) is 9.59 Å². The van der Waals surface area contributed by atoms with Crippen LogP contribution in [0, 0.1) is 5.92 Å². The highest BCUT2D eigenvalue weighted by Gasteiger charge is 2.40. The van der Waals surface area contributed by atoms with Gasteiger partial charge in [-0.25, -0.2) is 0 Å². The van der Waals surface area contributed by atoms with Crippen LogP contribution in [-0.2, 0) is 14.3 Å². The van der Waals surface area contributed by atoms with Crippen molar-refractivity contribution in [2.75, 3.05) is 0 Å². The number of phenolic OH excluding ortho intramolecular Hbond substituents is 1. The number of carboxylic acids is 1. The predicted molar refractivity (Wildman–Crippen MR) is 52.7 cm³/mol. The van der Waals surface area contributed by atoms with Crippen molar-refractivity contribution < 1.29 is 24.5 Å². The first-order valence-corrected chi connectivity index (χ1v) is 4.79. The smallest absolute Gasteiger partial charge is 0.311 e. The van der Waals surface area contributed by atoms with E-state index in [2.05, 4.69) is 0 Å². The summed E-state index contributed by atoms with van der Waals surface area (Å²) in [6.45, 7) is 0. The third-order valence-corrected chi connectivity index (χ3v) is 2.53. The lowest BCUT2D eigenvalue weighted by atomic mass is 9.95. The highest BCUT2D eigenvalue weighted by molar-refractivity contribution is 5.82. The summed E-state index contributed by atoms with van der Waals surface area (Å²) >= 11 is 0. The number of aliphatic carboxylic acids is 1. The molecule has 1 aromatic rings. The van der Waals surface area contributed by atoms with Gasteiger partial charge in [-0.2, -0.15) is 0 Å². The molecule has 0 aromatic heterocycles. The van der Waals surface area contributed by atoms with Crippen LogP contribution in [0.15, 0.2) is 24.3 Å². The van der Waals surface area contributed by atoms with Crippen molar-refractivity contribution in [2.24, 2.45) is 5.92 Å². The average molecular weight is 222 g/mol. The van der Waals surface area contributed by atoms with Crippen molar-refractivity contribution in [1.82, 2.24) is 0 Å². The van der Waals surface area contributed by atoms with Gasteiger partial charge in [0.15, 0.2) is 0 Å². The third-order valence-electron chi connectivity index (χ3n) is 2.53. The zero-order valence-corrected chi connectivity index (χ0v) is 8.29. The number of benzene rings is 1. The quantitative estimate of drug-likeness (QED) is 0.731. The van der Waals surface area contributed by atoms with Gasteiger partial charge in [0.05, 0.1) is 6.42 Å². The van der Waals surface area contributed by atoms with Crippen molar-refractivity contribution in [3.8, 4) is 5.75 Å². The number of phenols is 1. The predicted octanol–water partition coefficient (Wildman–Crippen LogP) is 1.08. The van der Waals surface area contributed by atoms with Crippen LogP contribution in [0.2, 0.25) is 0 Å². The number of rotatable bonds is 2. The largest absolute Gasteiger partial charge is 0.508 e. The molecule has 5 heteroatoms. The first-order chi connectivity index (χ1) is 7.58. The molecule has 0 spiro atoms. The number of carboxylic acid groups (broad SMARTS) is 1. The van der Waals surface area contributed by atoms with Crippen molar-refractivity contribution >= 4 is 11.9 Å². The minimum Gasteiger partial charge on any atom is -0.508 e. The molecule has 1 fully saturated rings. The molecule has 16 heavy (non-hydrogen) atoms. The Bertz CT molecular complexity index is 440. The highest BCUT2D eigenvalue weighted by Crippen LogP contribution is 2.36. The molecule has 5 nitrogen and oxygen atoms in total. The molecule has 1 saturated heterocycles. The summed E-state index contributed by atoms with van der Waals surface area (Å²) in [5, 5.41) is 18.2. The van der Waals surface area contributed by atoms with E-state index in [1.807, 2.05) is 0 Å². The number of carbonyl (C=O) groups excluding carboxylic acids is 1. The van der Waals surface area contributed by atoms with Crippen LogP contribution in [0.3, 0.4) is 0 Å². The number of hydrogen-bond acceptors (Lipinski definition) is 4. The molecule has 1 aliphatic heterocycles. The normalized spacial score (nSPS) is 24.1. The molecule has 1 aromatic carbocycles. The zero-order chi connectivity index (χ0) is 11.7. The second kappa shape index (κ2) is 3.84. The fourth-order valence-electron chi connectivity index (χ4n) is 1.78. The summed E-state index contributed by atoms with van der Waals surface area (Å²) in [6.07, 6.45) is -0.938. The van der Waals surface area contributed by atoms with Gasteiger partial charge in [0.25, 0.3) is 0 Å². The van der Waals surface area contributed by atoms with Gasteiger partial charge in [0.2, 0.25) is 0 Å². The molecule has 0 aliphatic carbocycles. The molecule has 0 radical (unpaired) electrons. The molecule has 2 atom stereocenters. The molecule has 0 amide bonds. The van der Waals surface area contributed by atoms with E-state index in [0.717, 1.165) is 0 Å². The fourth-order valence-corrected chi connectivity index (χ4v) is 1.78.